The van der Waals surface area contributed by atoms with Crippen LogP contribution in [0.15, 0.2) is 12.4 Å². The maximum absolute atomic E-state index is 12.2. The van der Waals surface area contributed by atoms with Crippen LogP contribution >= 0.6 is 0 Å². The maximum atomic E-state index is 12.2. The molecular formula is C13H20N4O3. The number of carbonyl (C=O) groups excluding carboxylic acids is 2. The van der Waals surface area contributed by atoms with Crippen molar-refractivity contribution in [2.24, 2.45) is 5.92 Å². The average Bonchev–Trinajstić information content (AvgIpc) is 3.06. The van der Waals surface area contributed by atoms with Crippen LogP contribution in [0.3, 0.4) is 0 Å². The normalized spacial score (nSPS) is 20.2. The Morgan fingerprint density at radius 3 is 3.15 bits per heavy atom. The lowest BCUT2D eigenvalue weighted by Gasteiger charge is -2.17. The molecule has 2 rings (SSSR count). The summed E-state index contributed by atoms with van der Waals surface area (Å²) in [7, 11) is 1.59. The van der Waals surface area contributed by atoms with E-state index in [0.29, 0.717) is 19.7 Å². The highest BCUT2D eigenvalue weighted by molar-refractivity contribution is 5.89. The van der Waals surface area contributed by atoms with Gasteiger partial charge in [-0.1, -0.05) is 0 Å². The first-order valence-corrected chi connectivity index (χ1v) is 6.67. The van der Waals surface area contributed by atoms with Gasteiger partial charge in [0.2, 0.25) is 11.8 Å². The Morgan fingerprint density at radius 2 is 2.50 bits per heavy atom. The van der Waals surface area contributed by atoms with Gasteiger partial charge in [-0.25, -0.2) is 0 Å². The molecule has 7 heteroatoms. The third-order valence-corrected chi connectivity index (χ3v) is 3.53. The second kappa shape index (κ2) is 6.51. The molecule has 2 heterocycles. The van der Waals surface area contributed by atoms with Gasteiger partial charge in [-0.15, -0.1) is 0 Å². The number of likely N-dealkylation sites (tertiary alicyclic amines) is 1. The molecule has 1 aliphatic rings. The lowest BCUT2D eigenvalue weighted by Crippen LogP contribution is -2.35. The monoisotopic (exact) mass is 280 g/mol. The van der Waals surface area contributed by atoms with Crippen LogP contribution in [0.5, 0.6) is 0 Å². The predicted molar refractivity (Wildman–Crippen MR) is 71.7 cm³/mol. The van der Waals surface area contributed by atoms with Gasteiger partial charge >= 0.3 is 0 Å². The molecule has 1 aliphatic heterocycles. The molecule has 0 saturated carbocycles. The van der Waals surface area contributed by atoms with E-state index >= 15 is 0 Å². The third kappa shape index (κ3) is 3.36. The van der Waals surface area contributed by atoms with Crippen molar-refractivity contribution in [1.82, 2.24) is 20.4 Å². The molecule has 110 valence electrons. The molecule has 0 radical (unpaired) electrons. The van der Waals surface area contributed by atoms with Gasteiger partial charge in [0.05, 0.1) is 24.8 Å². The molecule has 2 atom stereocenters. The van der Waals surface area contributed by atoms with Crippen LogP contribution in [0.2, 0.25) is 0 Å². The topological polar surface area (TPSA) is 87.3 Å². The van der Waals surface area contributed by atoms with Gasteiger partial charge in [-0.05, 0) is 6.92 Å². The number of nitrogens with one attached hydrogen (secondary N) is 2. The second-order valence-electron chi connectivity index (χ2n) is 5.00. The minimum absolute atomic E-state index is 0.0122. The summed E-state index contributed by atoms with van der Waals surface area (Å²) in [5, 5.41) is 9.48. The number of aromatic nitrogens is 2. The number of hydrogen-bond donors (Lipinski definition) is 2. The van der Waals surface area contributed by atoms with Crippen molar-refractivity contribution in [3.8, 4) is 0 Å². The Balaban J connectivity index is 1.86. The van der Waals surface area contributed by atoms with E-state index in [1.165, 1.54) is 0 Å². The van der Waals surface area contributed by atoms with E-state index in [-0.39, 0.29) is 30.2 Å². The van der Waals surface area contributed by atoms with Gasteiger partial charge in [0, 0.05) is 38.4 Å². The van der Waals surface area contributed by atoms with E-state index < -0.39 is 0 Å². The van der Waals surface area contributed by atoms with E-state index in [0.717, 1.165) is 5.56 Å². The number of nitrogens with zero attached hydrogens (tertiary/aromatic N) is 2. The summed E-state index contributed by atoms with van der Waals surface area (Å²) in [4.78, 5) is 25.6. The Kier molecular flexibility index (Phi) is 4.73. The molecule has 1 saturated heterocycles. The van der Waals surface area contributed by atoms with Crippen molar-refractivity contribution in [3.05, 3.63) is 18.0 Å². The van der Waals surface area contributed by atoms with Gasteiger partial charge in [-0.2, -0.15) is 5.10 Å². The highest BCUT2D eigenvalue weighted by Crippen LogP contribution is 2.19. The summed E-state index contributed by atoms with van der Waals surface area (Å²) >= 11 is 0. The zero-order valence-corrected chi connectivity index (χ0v) is 11.8. The molecule has 7 nitrogen and oxygen atoms in total. The fourth-order valence-corrected chi connectivity index (χ4v) is 2.28. The quantitative estimate of drug-likeness (QED) is 0.772. The summed E-state index contributed by atoms with van der Waals surface area (Å²) in [5.74, 6) is -0.362. The molecule has 2 unspecified atom stereocenters. The first-order valence-electron chi connectivity index (χ1n) is 6.67. The minimum atomic E-state index is -0.284. The molecule has 1 aromatic rings. The van der Waals surface area contributed by atoms with Crippen LogP contribution in [0.1, 0.15) is 24.9 Å². The highest BCUT2D eigenvalue weighted by Gasteiger charge is 2.34. The highest BCUT2D eigenvalue weighted by atomic mass is 16.5. The predicted octanol–water partition coefficient (Wildman–Crippen LogP) is 0.0818. The van der Waals surface area contributed by atoms with Crippen LogP contribution in [-0.2, 0) is 14.3 Å². The van der Waals surface area contributed by atoms with Crippen molar-refractivity contribution in [2.45, 2.75) is 19.4 Å². The summed E-state index contributed by atoms with van der Waals surface area (Å²) in [6.45, 7) is 3.39. The van der Waals surface area contributed by atoms with Crippen molar-refractivity contribution >= 4 is 11.8 Å². The summed E-state index contributed by atoms with van der Waals surface area (Å²) in [5.41, 5.74) is 0.916. The van der Waals surface area contributed by atoms with Crippen LogP contribution in [-0.4, -0.2) is 53.7 Å². The van der Waals surface area contributed by atoms with Crippen LogP contribution in [0, 0.1) is 5.92 Å². The molecule has 0 aliphatic carbocycles. The first kappa shape index (κ1) is 14.5. The Morgan fingerprint density at radius 1 is 1.70 bits per heavy atom. The van der Waals surface area contributed by atoms with Gasteiger partial charge in [0.25, 0.3) is 0 Å². The molecule has 2 amide bonds. The number of aromatic amines is 1. The molecule has 0 spiro atoms. The number of ether oxygens (including phenoxy) is 1. The van der Waals surface area contributed by atoms with Crippen molar-refractivity contribution in [2.75, 3.05) is 26.8 Å². The lowest BCUT2D eigenvalue weighted by molar-refractivity contribution is -0.129. The van der Waals surface area contributed by atoms with Crippen LogP contribution < -0.4 is 5.32 Å². The van der Waals surface area contributed by atoms with E-state index in [4.69, 9.17) is 4.74 Å². The van der Waals surface area contributed by atoms with E-state index in [1.54, 1.807) is 24.4 Å². The number of H-pyrrole nitrogens is 1. The number of rotatable bonds is 6. The van der Waals surface area contributed by atoms with Crippen molar-refractivity contribution < 1.29 is 14.3 Å². The molecule has 0 aromatic carbocycles. The molecule has 1 aromatic heterocycles. The zero-order chi connectivity index (χ0) is 14.5. The van der Waals surface area contributed by atoms with Gasteiger partial charge in [-0.3, -0.25) is 14.7 Å². The second-order valence-corrected chi connectivity index (χ2v) is 5.00. The smallest absolute Gasteiger partial charge is 0.225 e. The number of methoxy groups -OCH3 is 1. The Bertz CT molecular complexity index is 460. The SMILES string of the molecule is COCCN1CC(C(=O)NC(C)c2cn[nH]c2)CC1=O. The molecule has 1 fully saturated rings. The average molecular weight is 280 g/mol. The Hall–Kier alpha value is -1.89. The number of hydrogen-bond acceptors (Lipinski definition) is 4. The molecular weight excluding hydrogens is 260 g/mol. The molecule has 20 heavy (non-hydrogen) atoms. The van der Waals surface area contributed by atoms with Gasteiger partial charge < -0.3 is 15.0 Å². The summed E-state index contributed by atoms with van der Waals surface area (Å²) < 4.78 is 4.96. The van der Waals surface area contributed by atoms with Crippen molar-refractivity contribution in [1.29, 1.82) is 0 Å². The molecule has 2 N–H and O–H groups in total. The van der Waals surface area contributed by atoms with E-state index in [9.17, 15) is 9.59 Å². The zero-order valence-electron chi connectivity index (χ0n) is 11.8. The standard InChI is InChI=1S/C13H20N4O3/c1-9(11-6-14-15-7-11)16-13(19)10-5-12(18)17(8-10)3-4-20-2/h6-7,9-10H,3-5,8H2,1-2H3,(H,14,15)(H,16,19). The van der Waals surface area contributed by atoms with E-state index in [2.05, 4.69) is 15.5 Å². The Labute approximate surface area is 117 Å². The minimum Gasteiger partial charge on any atom is -0.383 e. The number of carbonyl (C=O) groups is 2. The van der Waals surface area contributed by atoms with Gasteiger partial charge in [0.1, 0.15) is 0 Å². The fraction of sp³-hybridized carbons (Fsp3) is 0.615. The van der Waals surface area contributed by atoms with Crippen molar-refractivity contribution in [3.63, 3.8) is 0 Å². The lowest BCUT2D eigenvalue weighted by atomic mass is 10.1. The summed E-state index contributed by atoms with van der Waals surface area (Å²) in [6.07, 6.45) is 3.69. The maximum Gasteiger partial charge on any atom is 0.225 e. The first-order chi connectivity index (χ1) is 9.61. The fourth-order valence-electron chi connectivity index (χ4n) is 2.28. The summed E-state index contributed by atoms with van der Waals surface area (Å²) in [6, 6.07) is -0.121. The molecule has 0 bridgehead atoms. The van der Waals surface area contributed by atoms with Crippen LogP contribution in [0.4, 0.5) is 0 Å². The largest absolute Gasteiger partial charge is 0.383 e. The van der Waals surface area contributed by atoms with E-state index in [1.807, 2.05) is 6.92 Å². The third-order valence-electron chi connectivity index (χ3n) is 3.53. The van der Waals surface area contributed by atoms with Crippen LogP contribution in [0.25, 0.3) is 0 Å². The number of amides is 2. The van der Waals surface area contributed by atoms with Gasteiger partial charge in [0.15, 0.2) is 0 Å².